The summed E-state index contributed by atoms with van der Waals surface area (Å²) in [6.45, 7) is 0.378. The maximum absolute atomic E-state index is 13.9. The Bertz CT molecular complexity index is 832. The number of fused-ring (bicyclic) bond motifs is 1. The predicted octanol–water partition coefficient (Wildman–Crippen LogP) is 2.35. The van der Waals surface area contributed by atoms with Gasteiger partial charge < -0.3 is 9.55 Å². The summed E-state index contributed by atoms with van der Waals surface area (Å²) in [7, 11) is 1.77. The van der Waals surface area contributed by atoms with Gasteiger partial charge in [0.05, 0.1) is 5.52 Å². The van der Waals surface area contributed by atoms with Crippen LogP contribution in [0.15, 0.2) is 18.5 Å². The van der Waals surface area contributed by atoms with Crippen LogP contribution in [0, 0.1) is 16.4 Å². The molecule has 0 saturated heterocycles. The van der Waals surface area contributed by atoms with E-state index < -0.39 is 11.6 Å². The van der Waals surface area contributed by atoms with Gasteiger partial charge in [0.15, 0.2) is 22.2 Å². The Labute approximate surface area is 117 Å². The van der Waals surface area contributed by atoms with Crippen LogP contribution in [-0.2, 0) is 20.0 Å². The summed E-state index contributed by atoms with van der Waals surface area (Å²) >= 11 is 5.15. The molecule has 0 spiro atoms. The number of imidazole rings is 1. The van der Waals surface area contributed by atoms with E-state index in [-0.39, 0.29) is 5.52 Å². The van der Waals surface area contributed by atoms with Crippen LogP contribution in [-0.4, -0.2) is 24.3 Å². The molecule has 0 amide bonds. The first-order chi connectivity index (χ1) is 9.56. The highest BCUT2D eigenvalue weighted by molar-refractivity contribution is 7.71. The van der Waals surface area contributed by atoms with Gasteiger partial charge in [-0.05, 0) is 24.4 Å². The fourth-order valence-electron chi connectivity index (χ4n) is 2.11. The van der Waals surface area contributed by atoms with Crippen LogP contribution in [0.25, 0.3) is 11.0 Å². The van der Waals surface area contributed by atoms with E-state index in [1.165, 1.54) is 10.6 Å². The molecule has 0 bridgehead atoms. The van der Waals surface area contributed by atoms with Gasteiger partial charge in [0, 0.05) is 20.0 Å². The number of aromatic amines is 1. The van der Waals surface area contributed by atoms with E-state index in [4.69, 9.17) is 12.2 Å². The summed E-state index contributed by atoms with van der Waals surface area (Å²) < 4.78 is 30.7. The van der Waals surface area contributed by atoms with Crippen LogP contribution in [0.2, 0.25) is 0 Å². The van der Waals surface area contributed by atoms with Crippen LogP contribution >= 0.6 is 12.2 Å². The standard InChI is InChI=1S/C12H11F2N5S/c1-18-6-15-9(17-18)4-5-19-11-8(16-12(19)20)3-2-7(13)10(11)14/h2-3,6H,4-5H2,1H3,(H,16,20). The topological polar surface area (TPSA) is 51.4 Å². The molecule has 5 nitrogen and oxygen atoms in total. The average molecular weight is 295 g/mol. The monoisotopic (exact) mass is 295 g/mol. The zero-order chi connectivity index (χ0) is 14.3. The molecule has 20 heavy (non-hydrogen) atoms. The highest BCUT2D eigenvalue weighted by Gasteiger charge is 2.14. The van der Waals surface area contributed by atoms with E-state index in [0.29, 0.717) is 29.1 Å². The lowest BCUT2D eigenvalue weighted by Gasteiger charge is -2.03. The first-order valence-corrected chi connectivity index (χ1v) is 6.38. The number of nitrogens with one attached hydrogen (secondary N) is 1. The maximum atomic E-state index is 13.9. The lowest BCUT2D eigenvalue weighted by molar-refractivity contribution is 0.510. The molecular weight excluding hydrogens is 284 g/mol. The number of rotatable bonds is 3. The van der Waals surface area contributed by atoms with E-state index in [2.05, 4.69) is 15.1 Å². The number of hydrogen-bond acceptors (Lipinski definition) is 3. The number of benzene rings is 1. The lowest BCUT2D eigenvalue weighted by Crippen LogP contribution is -2.05. The van der Waals surface area contributed by atoms with E-state index in [1.807, 2.05) is 0 Å². The second kappa shape index (κ2) is 4.78. The molecule has 1 aromatic carbocycles. The minimum Gasteiger partial charge on any atom is -0.330 e. The third-order valence-corrected chi connectivity index (χ3v) is 3.35. The van der Waals surface area contributed by atoms with Gasteiger partial charge >= 0.3 is 0 Å². The SMILES string of the molecule is Cn1cnc(CCn2c(=S)[nH]c3ccc(F)c(F)c32)n1. The van der Waals surface area contributed by atoms with Crippen molar-refractivity contribution >= 4 is 23.3 Å². The molecule has 0 saturated carbocycles. The number of halogens is 2. The van der Waals surface area contributed by atoms with Crippen molar-refractivity contribution in [3.63, 3.8) is 0 Å². The number of H-pyrrole nitrogens is 1. The van der Waals surface area contributed by atoms with Gasteiger partial charge in [-0.25, -0.2) is 13.8 Å². The third-order valence-electron chi connectivity index (χ3n) is 3.03. The van der Waals surface area contributed by atoms with E-state index in [9.17, 15) is 8.78 Å². The van der Waals surface area contributed by atoms with Gasteiger partial charge in [-0.3, -0.25) is 4.68 Å². The van der Waals surface area contributed by atoms with E-state index >= 15 is 0 Å². The largest absolute Gasteiger partial charge is 0.330 e. The van der Waals surface area contributed by atoms with Gasteiger partial charge in [-0.2, -0.15) is 5.10 Å². The number of nitrogens with zero attached hydrogens (tertiary/aromatic N) is 4. The molecule has 2 aromatic heterocycles. The minimum atomic E-state index is -0.899. The van der Waals surface area contributed by atoms with Gasteiger partial charge in [-0.1, -0.05) is 0 Å². The van der Waals surface area contributed by atoms with Crippen molar-refractivity contribution in [1.29, 1.82) is 0 Å². The quantitative estimate of drug-likeness (QED) is 0.755. The summed E-state index contributed by atoms with van der Waals surface area (Å²) in [5, 5.41) is 4.14. The molecule has 104 valence electrons. The zero-order valence-corrected chi connectivity index (χ0v) is 11.4. The second-order valence-corrected chi connectivity index (χ2v) is 4.81. The summed E-state index contributed by atoms with van der Waals surface area (Å²) in [5.41, 5.74) is 0.619. The predicted molar refractivity (Wildman–Crippen MR) is 71.7 cm³/mol. The molecule has 2 heterocycles. The molecule has 0 unspecified atom stereocenters. The number of hydrogen-bond donors (Lipinski definition) is 1. The van der Waals surface area contributed by atoms with Crippen LogP contribution in [0.5, 0.6) is 0 Å². The van der Waals surface area contributed by atoms with Crippen LogP contribution in [0.3, 0.4) is 0 Å². The van der Waals surface area contributed by atoms with Crippen molar-refractivity contribution in [2.24, 2.45) is 7.05 Å². The molecule has 0 radical (unpaired) electrons. The first kappa shape index (κ1) is 12.9. The molecule has 0 fully saturated rings. The lowest BCUT2D eigenvalue weighted by atomic mass is 10.3. The highest BCUT2D eigenvalue weighted by atomic mass is 32.1. The Morgan fingerprint density at radius 1 is 1.35 bits per heavy atom. The summed E-state index contributed by atoms with van der Waals surface area (Å²) in [5.74, 6) is -1.17. The van der Waals surface area contributed by atoms with Crippen molar-refractivity contribution in [3.8, 4) is 0 Å². The maximum Gasteiger partial charge on any atom is 0.184 e. The Hall–Kier alpha value is -2.09. The zero-order valence-electron chi connectivity index (χ0n) is 10.6. The van der Waals surface area contributed by atoms with Crippen molar-refractivity contribution in [1.82, 2.24) is 24.3 Å². The van der Waals surface area contributed by atoms with E-state index in [1.54, 1.807) is 18.1 Å². The normalized spacial score (nSPS) is 11.3. The summed E-state index contributed by atoms with van der Waals surface area (Å²) in [6.07, 6.45) is 2.07. The highest BCUT2D eigenvalue weighted by Crippen LogP contribution is 2.20. The van der Waals surface area contributed by atoms with Gasteiger partial charge in [-0.15, -0.1) is 0 Å². The molecule has 0 atom stereocenters. The average Bonchev–Trinajstić information content (AvgIpc) is 2.95. The minimum absolute atomic E-state index is 0.144. The molecule has 0 aliphatic carbocycles. The second-order valence-electron chi connectivity index (χ2n) is 4.42. The molecule has 3 rings (SSSR count). The summed E-state index contributed by atoms with van der Waals surface area (Å²) in [4.78, 5) is 6.95. The fourth-order valence-corrected chi connectivity index (χ4v) is 2.41. The Morgan fingerprint density at radius 3 is 2.85 bits per heavy atom. The number of aromatic nitrogens is 5. The summed E-state index contributed by atoms with van der Waals surface area (Å²) in [6, 6.07) is 2.55. The van der Waals surface area contributed by atoms with Crippen molar-refractivity contribution < 1.29 is 8.78 Å². The van der Waals surface area contributed by atoms with Gasteiger partial charge in [0.25, 0.3) is 0 Å². The van der Waals surface area contributed by atoms with Gasteiger partial charge in [0.2, 0.25) is 0 Å². The van der Waals surface area contributed by atoms with Crippen LogP contribution in [0.4, 0.5) is 8.78 Å². The van der Waals surface area contributed by atoms with Gasteiger partial charge in [0.1, 0.15) is 11.8 Å². The third kappa shape index (κ3) is 2.11. The van der Waals surface area contributed by atoms with Crippen molar-refractivity contribution in [3.05, 3.63) is 40.7 Å². The molecule has 8 heteroatoms. The van der Waals surface area contributed by atoms with Crippen molar-refractivity contribution in [2.75, 3.05) is 0 Å². The number of aryl methyl sites for hydroxylation is 3. The Kier molecular flexibility index (Phi) is 3.09. The molecule has 3 aromatic rings. The smallest absolute Gasteiger partial charge is 0.184 e. The van der Waals surface area contributed by atoms with Crippen molar-refractivity contribution in [2.45, 2.75) is 13.0 Å². The van der Waals surface area contributed by atoms with E-state index in [0.717, 1.165) is 6.07 Å². The molecular formula is C12H11F2N5S. The fraction of sp³-hybridized carbons (Fsp3) is 0.250. The first-order valence-electron chi connectivity index (χ1n) is 5.97. The van der Waals surface area contributed by atoms with Crippen LogP contribution < -0.4 is 0 Å². The Morgan fingerprint density at radius 2 is 2.15 bits per heavy atom. The Balaban J connectivity index is 2.00. The van der Waals surface area contributed by atoms with Crippen LogP contribution in [0.1, 0.15) is 5.82 Å². The molecule has 0 aliphatic heterocycles. The molecule has 0 aliphatic rings. The molecule has 1 N–H and O–H groups in total.